The fourth-order valence-electron chi connectivity index (χ4n) is 3.85. The molecule has 0 aliphatic heterocycles. The first-order chi connectivity index (χ1) is 8.72. The summed E-state index contributed by atoms with van der Waals surface area (Å²) in [6, 6.07) is 3.98. The summed E-state index contributed by atoms with van der Waals surface area (Å²) in [5, 5.41) is 3.23. The zero-order chi connectivity index (χ0) is 12.7. The van der Waals surface area contributed by atoms with Gasteiger partial charge in [-0.25, -0.2) is 8.78 Å². The number of hydrogen-bond acceptors (Lipinski definition) is 1. The first-order valence-electron chi connectivity index (χ1n) is 6.84. The normalized spacial score (nSPS) is 31.8. The first-order valence-corrected chi connectivity index (χ1v) is 6.84. The van der Waals surface area contributed by atoms with Crippen molar-refractivity contribution in [3.05, 3.63) is 35.4 Å². The standard InChI is InChI=1S/C15H19F2N/c1-18-15(12-7-6-9(16)8-13(12)17)14-10-4-2-3-5-11(10)14/h6-8,10-11,14-15,18H,2-5H2,1H3. The third kappa shape index (κ3) is 1.95. The molecule has 0 radical (unpaired) electrons. The molecule has 1 aromatic carbocycles. The summed E-state index contributed by atoms with van der Waals surface area (Å²) >= 11 is 0. The Bertz CT molecular complexity index is 434. The highest BCUT2D eigenvalue weighted by atomic mass is 19.1. The molecule has 0 bridgehead atoms. The van der Waals surface area contributed by atoms with Gasteiger partial charge in [-0.15, -0.1) is 0 Å². The van der Waals surface area contributed by atoms with Crippen molar-refractivity contribution in [2.75, 3.05) is 7.05 Å². The van der Waals surface area contributed by atoms with Gasteiger partial charge in [0.25, 0.3) is 0 Å². The summed E-state index contributed by atoms with van der Waals surface area (Å²) in [6.07, 6.45) is 5.16. The maximum absolute atomic E-state index is 13.9. The van der Waals surface area contributed by atoms with Crippen LogP contribution < -0.4 is 5.32 Å². The van der Waals surface area contributed by atoms with Crippen molar-refractivity contribution in [1.29, 1.82) is 0 Å². The van der Waals surface area contributed by atoms with E-state index in [1.165, 1.54) is 31.7 Å². The van der Waals surface area contributed by atoms with Crippen LogP contribution in [0.25, 0.3) is 0 Å². The van der Waals surface area contributed by atoms with Crippen molar-refractivity contribution in [2.24, 2.45) is 17.8 Å². The van der Waals surface area contributed by atoms with E-state index in [9.17, 15) is 8.78 Å². The number of hydrogen-bond donors (Lipinski definition) is 1. The highest BCUT2D eigenvalue weighted by Gasteiger charge is 2.54. The van der Waals surface area contributed by atoms with E-state index in [0.717, 1.165) is 17.9 Å². The number of rotatable bonds is 3. The highest BCUT2D eigenvalue weighted by Crippen LogP contribution is 2.60. The Kier molecular flexibility index (Phi) is 3.10. The van der Waals surface area contributed by atoms with Crippen LogP contribution >= 0.6 is 0 Å². The topological polar surface area (TPSA) is 12.0 Å². The van der Waals surface area contributed by atoms with Gasteiger partial charge in [0.2, 0.25) is 0 Å². The van der Waals surface area contributed by atoms with E-state index in [0.29, 0.717) is 11.5 Å². The molecule has 1 aromatic rings. The predicted molar refractivity (Wildman–Crippen MR) is 67.1 cm³/mol. The fraction of sp³-hybridized carbons (Fsp3) is 0.600. The number of fused-ring (bicyclic) bond motifs is 1. The van der Waals surface area contributed by atoms with Crippen molar-refractivity contribution >= 4 is 0 Å². The number of halogens is 2. The summed E-state index contributed by atoms with van der Waals surface area (Å²) in [5.74, 6) is 1.12. The van der Waals surface area contributed by atoms with Crippen LogP contribution in [-0.2, 0) is 0 Å². The Labute approximate surface area is 107 Å². The number of nitrogens with one attached hydrogen (secondary N) is 1. The zero-order valence-electron chi connectivity index (χ0n) is 10.6. The molecule has 1 nitrogen and oxygen atoms in total. The number of benzene rings is 1. The second-order valence-corrected chi connectivity index (χ2v) is 5.62. The molecular formula is C15H19F2N. The summed E-state index contributed by atoms with van der Waals surface area (Å²) in [5.41, 5.74) is 0.623. The maximum atomic E-state index is 13.9. The van der Waals surface area contributed by atoms with E-state index in [-0.39, 0.29) is 6.04 Å². The van der Waals surface area contributed by atoms with E-state index in [4.69, 9.17) is 0 Å². The minimum atomic E-state index is -0.501. The van der Waals surface area contributed by atoms with Gasteiger partial charge >= 0.3 is 0 Å². The second-order valence-electron chi connectivity index (χ2n) is 5.62. The summed E-state index contributed by atoms with van der Waals surface area (Å²) in [7, 11) is 1.87. The van der Waals surface area contributed by atoms with Gasteiger partial charge in [-0.05, 0) is 43.7 Å². The van der Waals surface area contributed by atoms with Crippen LogP contribution in [0.3, 0.4) is 0 Å². The fourth-order valence-corrected chi connectivity index (χ4v) is 3.85. The molecule has 0 saturated heterocycles. The monoisotopic (exact) mass is 251 g/mol. The highest BCUT2D eigenvalue weighted by molar-refractivity contribution is 5.25. The molecule has 3 unspecified atom stereocenters. The average molecular weight is 251 g/mol. The third-order valence-corrected chi connectivity index (χ3v) is 4.72. The molecule has 0 heterocycles. The molecule has 3 atom stereocenters. The van der Waals surface area contributed by atoms with Gasteiger partial charge < -0.3 is 5.32 Å². The Morgan fingerprint density at radius 2 is 1.83 bits per heavy atom. The molecule has 0 spiro atoms. The van der Waals surface area contributed by atoms with Crippen molar-refractivity contribution < 1.29 is 8.78 Å². The molecule has 1 N–H and O–H groups in total. The summed E-state index contributed by atoms with van der Waals surface area (Å²) in [4.78, 5) is 0. The first kappa shape index (κ1) is 12.1. The van der Waals surface area contributed by atoms with Gasteiger partial charge in [0.15, 0.2) is 0 Å². The van der Waals surface area contributed by atoms with Crippen LogP contribution in [0.4, 0.5) is 8.78 Å². The Morgan fingerprint density at radius 3 is 2.39 bits per heavy atom. The van der Waals surface area contributed by atoms with E-state index in [1.807, 2.05) is 7.05 Å². The minimum absolute atomic E-state index is 0.0405. The molecular weight excluding hydrogens is 232 g/mol. The van der Waals surface area contributed by atoms with Gasteiger partial charge in [0.1, 0.15) is 11.6 Å². The Balaban J connectivity index is 1.84. The molecule has 98 valence electrons. The van der Waals surface area contributed by atoms with Gasteiger partial charge in [-0.1, -0.05) is 18.9 Å². The van der Waals surface area contributed by atoms with Crippen LogP contribution in [0.2, 0.25) is 0 Å². The van der Waals surface area contributed by atoms with Gasteiger partial charge in [0, 0.05) is 17.7 Å². The van der Waals surface area contributed by atoms with Gasteiger partial charge in [-0.2, -0.15) is 0 Å². The van der Waals surface area contributed by atoms with E-state index in [2.05, 4.69) is 5.32 Å². The van der Waals surface area contributed by atoms with E-state index >= 15 is 0 Å². The van der Waals surface area contributed by atoms with E-state index < -0.39 is 11.6 Å². The van der Waals surface area contributed by atoms with Crippen molar-refractivity contribution in [2.45, 2.75) is 31.7 Å². The van der Waals surface area contributed by atoms with E-state index in [1.54, 1.807) is 6.07 Å². The molecule has 3 heteroatoms. The van der Waals surface area contributed by atoms with Gasteiger partial charge in [0.05, 0.1) is 0 Å². The quantitative estimate of drug-likeness (QED) is 0.864. The SMILES string of the molecule is CNC(c1ccc(F)cc1F)C1C2CCCCC21. The lowest BCUT2D eigenvalue weighted by atomic mass is 9.99. The smallest absolute Gasteiger partial charge is 0.130 e. The summed E-state index contributed by atoms with van der Waals surface area (Å²) < 4.78 is 26.8. The summed E-state index contributed by atoms with van der Waals surface area (Å²) in [6.45, 7) is 0. The molecule has 2 aliphatic carbocycles. The van der Waals surface area contributed by atoms with Crippen LogP contribution in [0.5, 0.6) is 0 Å². The van der Waals surface area contributed by atoms with Crippen molar-refractivity contribution in [3.8, 4) is 0 Å². The second kappa shape index (κ2) is 4.61. The van der Waals surface area contributed by atoms with Gasteiger partial charge in [-0.3, -0.25) is 0 Å². The lowest BCUT2D eigenvalue weighted by Gasteiger charge is -2.18. The Morgan fingerprint density at radius 1 is 1.17 bits per heavy atom. The predicted octanol–water partition coefficient (Wildman–Crippen LogP) is 3.66. The Hall–Kier alpha value is -0.960. The largest absolute Gasteiger partial charge is 0.313 e. The lowest BCUT2D eigenvalue weighted by Crippen LogP contribution is -2.21. The minimum Gasteiger partial charge on any atom is -0.313 e. The van der Waals surface area contributed by atoms with Crippen molar-refractivity contribution in [3.63, 3.8) is 0 Å². The molecule has 18 heavy (non-hydrogen) atoms. The lowest BCUT2D eigenvalue weighted by molar-refractivity contribution is 0.454. The molecule has 2 fully saturated rings. The average Bonchev–Trinajstić information content (AvgIpc) is 3.07. The van der Waals surface area contributed by atoms with Crippen LogP contribution in [-0.4, -0.2) is 7.05 Å². The maximum Gasteiger partial charge on any atom is 0.130 e. The molecule has 0 aromatic heterocycles. The zero-order valence-corrected chi connectivity index (χ0v) is 10.6. The van der Waals surface area contributed by atoms with Crippen molar-refractivity contribution in [1.82, 2.24) is 5.32 Å². The van der Waals surface area contributed by atoms with Crippen LogP contribution in [0.15, 0.2) is 18.2 Å². The molecule has 2 saturated carbocycles. The van der Waals surface area contributed by atoms with Crippen LogP contribution in [0.1, 0.15) is 37.3 Å². The molecule has 2 aliphatic rings. The molecule has 0 amide bonds. The molecule has 3 rings (SSSR count). The van der Waals surface area contributed by atoms with Crippen LogP contribution in [0, 0.1) is 29.4 Å². The third-order valence-electron chi connectivity index (χ3n) is 4.72.